The Morgan fingerprint density at radius 3 is 2.89 bits per heavy atom. The molecule has 1 aromatic rings. The highest BCUT2D eigenvalue weighted by Gasteiger charge is 2.16. The maximum atomic E-state index is 12.1. The summed E-state index contributed by atoms with van der Waals surface area (Å²) in [5, 5.41) is 5.34. The van der Waals surface area contributed by atoms with Crippen LogP contribution in [-0.2, 0) is 11.3 Å². The fourth-order valence-corrected chi connectivity index (χ4v) is 3.44. The number of hydrogen-bond acceptors (Lipinski definition) is 4. The molecule has 0 unspecified atom stereocenters. The molecule has 4 nitrogen and oxygen atoms in total. The van der Waals surface area contributed by atoms with Crippen LogP contribution >= 0.6 is 27.3 Å². The van der Waals surface area contributed by atoms with Gasteiger partial charge in [0.2, 0.25) is 5.91 Å². The molecule has 2 rings (SSSR count). The van der Waals surface area contributed by atoms with Crippen molar-refractivity contribution in [1.29, 1.82) is 0 Å². The summed E-state index contributed by atoms with van der Waals surface area (Å²) in [6, 6.07) is 2.07. The summed E-state index contributed by atoms with van der Waals surface area (Å²) in [6.45, 7) is 5.11. The van der Waals surface area contributed by atoms with Gasteiger partial charge in [-0.2, -0.15) is 0 Å². The Morgan fingerprint density at radius 2 is 2.28 bits per heavy atom. The summed E-state index contributed by atoms with van der Waals surface area (Å²) in [5.41, 5.74) is 0. The van der Waals surface area contributed by atoms with Crippen LogP contribution in [0.2, 0.25) is 0 Å². The molecular formula is C12H18BrN3OS. The molecule has 1 fully saturated rings. The SMILES string of the molecule is CN(Cc1cc(Br)cs1)C(=O)CN1CCNCC1. The van der Waals surface area contributed by atoms with E-state index in [0.717, 1.165) is 30.7 Å². The lowest BCUT2D eigenvalue weighted by molar-refractivity contribution is -0.131. The van der Waals surface area contributed by atoms with Gasteiger partial charge in [-0.15, -0.1) is 11.3 Å². The van der Waals surface area contributed by atoms with E-state index in [-0.39, 0.29) is 5.91 Å². The molecule has 6 heteroatoms. The van der Waals surface area contributed by atoms with Crippen molar-refractivity contribution in [3.8, 4) is 0 Å². The lowest BCUT2D eigenvalue weighted by Gasteiger charge is -2.28. The zero-order valence-corrected chi connectivity index (χ0v) is 12.9. The molecular weight excluding hydrogens is 314 g/mol. The molecule has 1 aromatic heterocycles. The number of halogens is 1. The van der Waals surface area contributed by atoms with Crippen LogP contribution in [-0.4, -0.2) is 55.5 Å². The number of carbonyl (C=O) groups excluding carboxylic acids is 1. The van der Waals surface area contributed by atoms with Crippen molar-refractivity contribution in [3.05, 3.63) is 20.8 Å². The van der Waals surface area contributed by atoms with E-state index in [1.54, 1.807) is 16.2 Å². The number of nitrogens with one attached hydrogen (secondary N) is 1. The zero-order chi connectivity index (χ0) is 13.0. The third-order valence-corrected chi connectivity index (χ3v) is 4.69. The first-order valence-electron chi connectivity index (χ1n) is 6.05. The van der Waals surface area contributed by atoms with E-state index >= 15 is 0 Å². The fraction of sp³-hybridized carbons (Fsp3) is 0.583. The van der Waals surface area contributed by atoms with Crippen molar-refractivity contribution in [2.24, 2.45) is 0 Å². The highest BCUT2D eigenvalue weighted by molar-refractivity contribution is 9.10. The molecule has 0 aromatic carbocycles. The molecule has 1 saturated heterocycles. The van der Waals surface area contributed by atoms with Crippen molar-refractivity contribution in [1.82, 2.24) is 15.1 Å². The minimum atomic E-state index is 0.196. The Morgan fingerprint density at radius 1 is 1.56 bits per heavy atom. The van der Waals surface area contributed by atoms with Crippen molar-refractivity contribution < 1.29 is 4.79 Å². The number of hydrogen-bond donors (Lipinski definition) is 1. The van der Waals surface area contributed by atoms with Gasteiger partial charge in [-0.1, -0.05) is 0 Å². The fourth-order valence-electron chi connectivity index (χ4n) is 1.94. The van der Waals surface area contributed by atoms with Crippen LogP contribution in [0.15, 0.2) is 15.9 Å². The van der Waals surface area contributed by atoms with E-state index in [0.29, 0.717) is 13.1 Å². The molecule has 1 N–H and O–H groups in total. The summed E-state index contributed by atoms with van der Waals surface area (Å²) in [7, 11) is 1.87. The topological polar surface area (TPSA) is 35.6 Å². The highest BCUT2D eigenvalue weighted by Crippen LogP contribution is 2.20. The number of likely N-dealkylation sites (N-methyl/N-ethyl adjacent to an activating group) is 1. The van der Waals surface area contributed by atoms with Crippen molar-refractivity contribution in [2.75, 3.05) is 39.8 Å². The zero-order valence-electron chi connectivity index (χ0n) is 10.5. The minimum absolute atomic E-state index is 0.196. The average molecular weight is 332 g/mol. The van der Waals surface area contributed by atoms with Crippen LogP contribution in [0.1, 0.15) is 4.88 Å². The molecule has 2 heterocycles. The number of thiophene rings is 1. The first kappa shape index (κ1) is 14.0. The van der Waals surface area contributed by atoms with E-state index in [9.17, 15) is 4.79 Å². The Bertz CT molecular complexity index is 404. The van der Waals surface area contributed by atoms with Gasteiger partial charge in [-0.25, -0.2) is 0 Å². The molecule has 1 aliphatic heterocycles. The summed E-state index contributed by atoms with van der Waals surface area (Å²) in [5.74, 6) is 0.196. The van der Waals surface area contributed by atoms with Crippen LogP contribution < -0.4 is 5.32 Å². The predicted molar refractivity (Wildman–Crippen MR) is 77.8 cm³/mol. The van der Waals surface area contributed by atoms with Crippen molar-refractivity contribution in [3.63, 3.8) is 0 Å². The number of nitrogens with zero attached hydrogens (tertiary/aromatic N) is 2. The summed E-state index contributed by atoms with van der Waals surface area (Å²) < 4.78 is 1.09. The van der Waals surface area contributed by atoms with Gasteiger partial charge < -0.3 is 10.2 Å². The molecule has 0 atom stereocenters. The molecule has 0 saturated carbocycles. The van der Waals surface area contributed by atoms with Gasteiger partial charge in [0.1, 0.15) is 0 Å². The molecule has 18 heavy (non-hydrogen) atoms. The van der Waals surface area contributed by atoms with Crippen molar-refractivity contribution in [2.45, 2.75) is 6.54 Å². The van der Waals surface area contributed by atoms with Gasteiger partial charge >= 0.3 is 0 Å². The van der Waals surface area contributed by atoms with Crippen molar-refractivity contribution >= 4 is 33.2 Å². The largest absolute Gasteiger partial charge is 0.340 e. The summed E-state index contributed by atoms with van der Waals surface area (Å²) in [4.78, 5) is 17.3. The number of piperazine rings is 1. The molecule has 0 bridgehead atoms. The quantitative estimate of drug-likeness (QED) is 0.905. The summed E-state index contributed by atoms with van der Waals surface area (Å²) >= 11 is 5.11. The first-order chi connectivity index (χ1) is 8.65. The Hall–Kier alpha value is -0.430. The second-order valence-electron chi connectivity index (χ2n) is 4.51. The first-order valence-corrected chi connectivity index (χ1v) is 7.72. The Labute approximate surface area is 120 Å². The van der Waals surface area contributed by atoms with Crippen LogP contribution in [0.3, 0.4) is 0 Å². The standard InChI is InChI=1S/C12H18BrN3OS/c1-15(7-11-6-10(13)9-18-11)12(17)8-16-4-2-14-3-5-16/h6,9,14H,2-5,7-8H2,1H3. The molecule has 100 valence electrons. The van der Waals surface area contributed by atoms with E-state index in [4.69, 9.17) is 0 Å². The Kier molecular flexibility index (Phi) is 5.17. The van der Waals surface area contributed by atoms with E-state index < -0.39 is 0 Å². The van der Waals surface area contributed by atoms with E-state index in [2.05, 4.69) is 32.2 Å². The molecule has 1 aliphatic rings. The third kappa shape index (κ3) is 4.05. The van der Waals surface area contributed by atoms with Crippen LogP contribution in [0, 0.1) is 0 Å². The highest BCUT2D eigenvalue weighted by atomic mass is 79.9. The summed E-state index contributed by atoms with van der Waals surface area (Å²) in [6.07, 6.45) is 0. The van der Waals surface area contributed by atoms with Gasteiger partial charge in [0.25, 0.3) is 0 Å². The second-order valence-corrected chi connectivity index (χ2v) is 6.42. The maximum absolute atomic E-state index is 12.1. The van der Waals surface area contributed by atoms with Crippen LogP contribution in [0.25, 0.3) is 0 Å². The van der Waals surface area contributed by atoms with Crippen LogP contribution in [0.4, 0.5) is 0 Å². The van der Waals surface area contributed by atoms with Gasteiger partial charge in [0.15, 0.2) is 0 Å². The second kappa shape index (κ2) is 6.65. The normalized spacial score (nSPS) is 16.8. The number of amides is 1. The minimum Gasteiger partial charge on any atom is -0.340 e. The van der Waals surface area contributed by atoms with E-state index in [1.807, 2.05) is 12.4 Å². The van der Waals surface area contributed by atoms with E-state index in [1.165, 1.54) is 4.88 Å². The molecule has 0 radical (unpaired) electrons. The number of carbonyl (C=O) groups is 1. The van der Waals surface area contributed by atoms with Gasteiger partial charge in [-0.05, 0) is 22.0 Å². The molecule has 0 spiro atoms. The predicted octanol–water partition coefficient (Wildman–Crippen LogP) is 1.37. The molecule has 1 amide bonds. The van der Waals surface area contributed by atoms with Gasteiger partial charge in [0, 0.05) is 48.0 Å². The lowest BCUT2D eigenvalue weighted by atomic mass is 10.3. The monoisotopic (exact) mass is 331 g/mol. The maximum Gasteiger partial charge on any atom is 0.236 e. The average Bonchev–Trinajstić information content (AvgIpc) is 2.76. The third-order valence-electron chi connectivity index (χ3n) is 3.01. The van der Waals surface area contributed by atoms with Crippen LogP contribution in [0.5, 0.6) is 0 Å². The van der Waals surface area contributed by atoms with Gasteiger partial charge in [0.05, 0.1) is 13.1 Å². The lowest BCUT2D eigenvalue weighted by Crippen LogP contribution is -2.47. The number of rotatable bonds is 4. The van der Waals surface area contributed by atoms with Gasteiger partial charge in [-0.3, -0.25) is 9.69 Å². The molecule has 0 aliphatic carbocycles. The smallest absolute Gasteiger partial charge is 0.236 e. The Balaban J connectivity index is 1.80.